The van der Waals surface area contributed by atoms with Crippen molar-refractivity contribution in [2.24, 2.45) is 0 Å². The lowest BCUT2D eigenvalue weighted by Gasteiger charge is -2.53. The summed E-state index contributed by atoms with van der Waals surface area (Å²) in [5, 5.41) is 12.0. The fraction of sp³-hybridized carbons (Fsp3) is 0.889. The molecule has 0 radical (unpaired) electrons. The van der Waals surface area contributed by atoms with Crippen molar-refractivity contribution < 1.29 is 4.74 Å². The molecule has 0 aromatic heterocycles. The largest absolute Gasteiger partial charge is 0.363 e. The molecule has 4 heteroatoms. The average molecular weight is 181 g/mol. The van der Waals surface area contributed by atoms with Gasteiger partial charge in [0, 0.05) is 13.1 Å². The van der Waals surface area contributed by atoms with Crippen LogP contribution in [0.3, 0.4) is 0 Å². The van der Waals surface area contributed by atoms with Crippen LogP contribution in [0, 0.1) is 11.5 Å². The summed E-state index contributed by atoms with van der Waals surface area (Å²) in [7, 11) is 0. The molecule has 1 spiro atoms. The van der Waals surface area contributed by atoms with Crippen molar-refractivity contribution in [3.8, 4) is 6.19 Å². The van der Waals surface area contributed by atoms with Crippen LogP contribution in [0.4, 0.5) is 0 Å². The summed E-state index contributed by atoms with van der Waals surface area (Å²) in [4.78, 5) is 1.73. The van der Waals surface area contributed by atoms with E-state index in [0.29, 0.717) is 0 Å². The van der Waals surface area contributed by atoms with Gasteiger partial charge in [-0.15, -0.1) is 0 Å². The van der Waals surface area contributed by atoms with Gasteiger partial charge in [0.15, 0.2) is 6.19 Å². The molecular formula is C9H15N3O. The number of nitriles is 1. The molecule has 2 aliphatic rings. The first-order chi connectivity index (χ1) is 6.05. The van der Waals surface area contributed by atoms with Gasteiger partial charge in [-0.1, -0.05) is 0 Å². The van der Waals surface area contributed by atoms with Crippen molar-refractivity contribution in [1.82, 2.24) is 10.2 Å². The molecule has 72 valence electrons. The van der Waals surface area contributed by atoms with Crippen LogP contribution in [0.15, 0.2) is 0 Å². The van der Waals surface area contributed by atoms with Crippen molar-refractivity contribution >= 4 is 0 Å². The Hall–Kier alpha value is -0.790. The molecule has 0 aliphatic carbocycles. The van der Waals surface area contributed by atoms with Gasteiger partial charge in [-0.3, -0.25) is 0 Å². The third-order valence-corrected chi connectivity index (χ3v) is 2.59. The SMILES string of the molecule is CC1(C)CNCC2(CN(C#N)C2)O1. The van der Waals surface area contributed by atoms with Crippen LogP contribution < -0.4 is 5.32 Å². The predicted molar refractivity (Wildman–Crippen MR) is 48.0 cm³/mol. The Balaban J connectivity index is 1.99. The molecule has 0 aromatic carbocycles. The monoisotopic (exact) mass is 181 g/mol. The second-order valence-electron chi connectivity index (χ2n) is 4.60. The molecule has 2 fully saturated rings. The molecule has 0 unspecified atom stereocenters. The van der Waals surface area contributed by atoms with Crippen LogP contribution in [0.5, 0.6) is 0 Å². The van der Waals surface area contributed by atoms with Crippen LogP contribution >= 0.6 is 0 Å². The summed E-state index contributed by atoms with van der Waals surface area (Å²) in [5.74, 6) is 0. The molecule has 0 bridgehead atoms. The number of nitrogens with zero attached hydrogens (tertiary/aromatic N) is 2. The number of rotatable bonds is 0. The molecule has 13 heavy (non-hydrogen) atoms. The van der Waals surface area contributed by atoms with Crippen LogP contribution in [-0.4, -0.2) is 42.3 Å². The van der Waals surface area contributed by atoms with Crippen molar-refractivity contribution in [1.29, 1.82) is 5.26 Å². The van der Waals surface area contributed by atoms with E-state index >= 15 is 0 Å². The fourth-order valence-electron chi connectivity index (χ4n) is 2.15. The Labute approximate surface area is 78.5 Å². The highest BCUT2D eigenvalue weighted by atomic mass is 16.5. The highest BCUT2D eigenvalue weighted by molar-refractivity contribution is 5.07. The number of nitrogens with one attached hydrogen (secondary N) is 1. The minimum atomic E-state index is -0.0997. The number of hydrogen-bond donors (Lipinski definition) is 1. The summed E-state index contributed by atoms with van der Waals surface area (Å²) in [6, 6.07) is 0. The maximum absolute atomic E-state index is 8.63. The smallest absolute Gasteiger partial charge is 0.179 e. The normalized spacial score (nSPS) is 29.5. The minimum Gasteiger partial charge on any atom is -0.363 e. The highest BCUT2D eigenvalue weighted by Gasteiger charge is 2.49. The van der Waals surface area contributed by atoms with Crippen molar-refractivity contribution in [2.45, 2.75) is 25.0 Å². The van der Waals surface area contributed by atoms with Gasteiger partial charge >= 0.3 is 0 Å². The van der Waals surface area contributed by atoms with E-state index in [2.05, 4.69) is 25.4 Å². The second-order valence-corrected chi connectivity index (χ2v) is 4.60. The average Bonchev–Trinajstić information content (AvgIpc) is 1.97. The van der Waals surface area contributed by atoms with E-state index in [1.165, 1.54) is 0 Å². The summed E-state index contributed by atoms with van der Waals surface area (Å²) >= 11 is 0. The van der Waals surface area contributed by atoms with Gasteiger partial charge < -0.3 is 15.0 Å². The van der Waals surface area contributed by atoms with Crippen LogP contribution in [0.1, 0.15) is 13.8 Å². The molecule has 2 rings (SSSR count). The fourth-order valence-corrected chi connectivity index (χ4v) is 2.15. The lowest BCUT2D eigenvalue weighted by atomic mass is 9.90. The van der Waals surface area contributed by atoms with Crippen molar-refractivity contribution in [3.05, 3.63) is 0 Å². The van der Waals surface area contributed by atoms with E-state index in [-0.39, 0.29) is 11.2 Å². The molecule has 2 aliphatic heterocycles. The Morgan fingerprint density at radius 2 is 2.08 bits per heavy atom. The first-order valence-corrected chi connectivity index (χ1v) is 4.61. The summed E-state index contributed by atoms with van der Waals surface area (Å²) in [5.41, 5.74) is -0.197. The molecule has 2 saturated heterocycles. The molecule has 2 heterocycles. The highest BCUT2D eigenvalue weighted by Crippen LogP contribution is 2.31. The third-order valence-electron chi connectivity index (χ3n) is 2.59. The van der Waals surface area contributed by atoms with Gasteiger partial charge in [0.05, 0.1) is 18.7 Å². The molecule has 0 amide bonds. The molecule has 4 nitrogen and oxygen atoms in total. The van der Waals surface area contributed by atoms with Crippen LogP contribution in [0.25, 0.3) is 0 Å². The van der Waals surface area contributed by atoms with Gasteiger partial charge in [-0.05, 0) is 13.8 Å². The van der Waals surface area contributed by atoms with E-state index in [9.17, 15) is 0 Å². The molecular weight excluding hydrogens is 166 g/mol. The number of ether oxygens (including phenoxy) is 1. The van der Waals surface area contributed by atoms with E-state index in [0.717, 1.165) is 26.2 Å². The summed E-state index contributed by atoms with van der Waals surface area (Å²) in [6.07, 6.45) is 2.13. The maximum atomic E-state index is 8.63. The molecule has 0 aromatic rings. The predicted octanol–water partition coefficient (Wildman–Crippen LogP) is -0.0797. The summed E-state index contributed by atoms with van der Waals surface area (Å²) in [6.45, 7) is 7.39. The molecule has 0 saturated carbocycles. The standard InChI is InChI=1S/C9H15N3O/c1-8(2)3-11-4-9(13-8)5-12(6-9)7-10/h11H,3-6H2,1-2H3. The lowest BCUT2D eigenvalue weighted by molar-refractivity contribution is -0.209. The van der Waals surface area contributed by atoms with Gasteiger partial charge in [0.1, 0.15) is 5.60 Å². The Morgan fingerprint density at radius 3 is 2.62 bits per heavy atom. The van der Waals surface area contributed by atoms with E-state index < -0.39 is 0 Å². The Bertz CT molecular complexity index is 250. The van der Waals surface area contributed by atoms with E-state index in [4.69, 9.17) is 10.00 Å². The number of morpholine rings is 1. The third kappa shape index (κ3) is 1.50. The zero-order chi connectivity index (χ0) is 9.53. The van der Waals surface area contributed by atoms with Crippen LogP contribution in [-0.2, 0) is 4.74 Å². The Kier molecular flexibility index (Phi) is 1.76. The Morgan fingerprint density at radius 1 is 1.38 bits per heavy atom. The van der Waals surface area contributed by atoms with Crippen molar-refractivity contribution in [3.63, 3.8) is 0 Å². The number of hydrogen-bond acceptors (Lipinski definition) is 4. The topological polar surface area (TPSA) is 48.3 Å². The quantitative estimate of drug-likeness (QED) is 0.531. The summed E-state index contributed by atoms with van der Waals surface area (Å²) < 4.78 is 5.97. The van der Waals surface area contributed by atoms with E-state index in [1.54, 1.807) is 4.90 Å². The van der Waals surface area contributed by atoms with Gasteiger partial charge in [-0.2, -0.15) is 5.26 Å². The van der Waals surface area contributed by atoms with Gasteiger partial charge in [0.25, 0.3) is 0 Å². The lowest BCUT2D eigenvalue weighted by Crippen LogP contribution is -2.71. The van der Waals surface area contributed by atoms with Crippen molar-refractivity contribution in [2.75, 3.05) is 26.2 Å². The second kappa shape index (κ2) is 2.60. The maximum Gasteiger partial charge on any atom is 0.179 e. The first kappa shape index (κ1) is 8.79. The van der Waals surface area contributed by atoms with Gasteiger partial charge in [-0.25, -0.2) is 0 Å². The first-order valence-electron chi connectivity index (χ1n) is 4.61. The zero-order valence-corrected chi connectivity index (χ0v) is 8.13. The van der Waals surface area contributed by atoms with Gasteiger partial charge in [0.2, 0.25) is 0 Å². The molecule has 1 N–H and O–H groups in total. The van der Waals surface area contributed by atoms with Crippen LogP contribution in [0.2, 0.25) is 0 Å². The minimum absolute atomic E-state index is 0.0974. The molecule has 0 atom stereocenters. The van der Waals surface area contributed by atoms with E-state index in [1.807, 2.05) is 0 Å². The number of likely N-dealkylation sites (tertiary alicyclic amines) is 1. The zero-order valence-electron chi connectivity index (χ0n) is 8.13.